The van der Waals surface area contributed by atoms with Gasteiger partial charge in [0.05, 0.1) is 12.1 Å². The Morgan fingerprint density at radius 2 is 1.95 bits per heavy atom. The highest BCUT2D eigenvalue weighted by Crippen LogP contribution is 2.35. The van der Waals surface area contributed by atoms with E-state index >= 15 is 0 Å². The van der Waals surface area contributed by atoms with Gasteiger partial charge in [-0.25, -0.2) is 0 Å². The van der Waals surface area contributed by atoms with Gasteiger partial charge in [0.2, 0.25) is 5.91 Å². The molecule has 19 heavy (non-hydrogen) atoms. The van der Waals surface area contributed by atoms with E-state index in [2.05, 4.69) is 15.9 Å². The summed E-state index contributed by atoms with van der Waals surface area (Å²) in [5.74, 6) is -1.46. The van der Waals surface area contributed by atoms with Gasteiger partial charge in [0.15, 0.2) is 0 Å². The lowest BCUT2D eigenvalue weighted by molar-refractivity contribution is -0.138. The number of hydrogen-bond acceptors (Lipinski definition) is 2. The largest absolute Gasteiger partial charge is 0.417 e. The lowest BCUT2D eigenvalue weighted by atomic mass is 10.1. The highest BCUT2D eigenvalue weighted by Gasteiger charge is 2.33. The quantitative estimate of drug-likeness (QED) is 0.916. The second kappa shape index (κ2) is 5.60. The van der Waals surface area contributed by atoms with E-state index in [0.29, 0.717) is 0 Å². The third-order valence-corrected chi connectivity index (χ3v) is 2.95. The van der Waals surface area contributed by atoms with Crippen LogP contribution in [-0.4, -0.2) is 30.3 Å². The summed E-state index contributed by atoms with van der Waals surface area (Å²) in [7, 11) is 1.28. The first-order chi connectivity index (χ1) is 8.62. The molecule has 0 heterocycles. The molecule has 0 saturated heterocycles. The van der Waals surface area contributed by atoms with Crippen molar-refractivity contribution in [3.05, 3.63) is 33.8 Å². The van der Waals surface area contributed by atoms with E-state index in [9.17, 15) is 22.8 Å². The van der Waals surface area contributed by atoms with Crippen LogP contribution in [-0.2, 0) is 11.0 Å². The first kappa shape index (κ1) is 15.5. The van der Waals surface area contributed by atoms with Crippen molar-refractivity contribution in [2.45, 2.75) is 6.18 Å². The van der Waals surface area contributed by atoms with Gasteiger partial charge in [-0.15, -0.1) is 0 Å². The number of likely N-dealkylation sites (N-methyl/N-ethyl adjacent to an activating group) is 1. The molecule has 0 spiro atoms. The van der Waals surface area contributed by atoms with E-state index < -0.39 is 23.6 Å². The van der Waals surface area contributed by atoms with Gasteiger partial charge < -0.3 is 10.6 Å². The van der Waals surface area contributed by atoms with Gasteiger partial charge in [-0.05, 0) is 18.2 Å². The topological polar surface area (TPSA) is 63.4 Å². The van der Waals surface area contributed by atoms with E-state index in [4.69, 9.17) is 5.73 Å². The minimum atomic E-state index is -4.57. The number of nitrogens with zero attached hydrogens (tertiary/aromatic N) is 1. The summed E-state index contributed by atoms with van der Waals surface area (Å²) in [5, 5.41) is 0. The third kappa shape index (κ3) is 3.95. The fraction of sp³-hybridized carbons (Fsp3) is 0.273. The summed E-state index contributed by atoms with van der Waals surface area (Å²) in [4.78, 5) is 23.4. The number of rotatable bonds is 3. The average Bonchev–Trinajstić information content (AvgIpc) is 2.26. The standard InChI is InChI=1S/C11H10BrF3N2O2/c1-17(5-9(16)18)10(19)6-2-3-8(12)7(4-6)11(13,14)15/h2-4H,5H2,1H3,(H2,16,18). The molecule has 0 saturated carbocycles. The number of amides is 2. The van der Waals surface area contributed by atoms with Gasteiger partial charge in [-0.3, -0.25) is 9.59 Å². The van der Waals surface area contributed by atoms with Gasteiger partial charge in [0.25, 0.3) is 5.91 Å². The number of benzene rings is 1. The molecule has 0 aliphatic heterocycles. The Labute approximate surface area is 115 Å². The van der Waals surface area contributed by atoms with Crippen LogP contribution in [0.2, 0.25) is 0 Å². The Kier molecular flexibility index (Phi) is 4.56. The van der Waals surface area contributed by atoms with Gasteiger partial charge in [-0.2, -0.15) is 13.2 Å². The summed E-state index contributed by atoms with van der Waals surface area (Å²) in [5.41, 5.74) is 3.79. The van der Waals surface area contributed by atoms with E-state index in [1.54, 1.807) is 0 Å². The second-order valence-corrected chi connectivity index (χ2v) is 4.67. The van der Waals surface area contributed by atoms with Crippen LogP contribution >= 0.6 is 15.9 Å². The van der Waals surface area contributed by atoms with Crippen molar-refractivity contribution in [3.8, 4) is 0 Å². The van der Waals surface area contributed by atoms with E-state index in [0.717, 1.165) is 17.0 Å². The number of primary amides is 1. The van der Waals surface area contributed by atoms with Gasteiger partial charge in [-0.1, -0.05) is 15.9 Å². The maximum absolute atomic E-state index is 12.7. The Hall–Kier alpha value is -1.57. The molecular weight excluding hydrogens is 329 g/mol. The minimum absolute atomic E-state index is 0.158. The molecule has 0 radical (unpaired) electrons. The van der Waals surface area contributed by atoms with Crippen LogP contribution in [0.15, 0.2) is 22.7 Å². The van der Waals surface area contributed by atoms with Crippen LogP contribution < -0.4 is 5.73 Å². The van der Waals surface area contributed by atoms with Gasteiger partial charge in [0.1, 0.15) is 0 Å². The molecule has 1 rings (SSSR count). The van der Waals surface area contributed by atoms with Crippen molar-refractivity contribution >= 4 is 27.7 Å². The summed E-state index contributed by atoms with van der Waals surface area (Å²) in [6.07, 6.45) is -4.57. The van der Waals surface area contributed by atoms with Crippen molar-refractivity contribution in [3.63, 3.8) is 0 Å². The number of carbonyl (C=O) groups excluding carboxylic acids is 2. The molecule has 0 aliphatic carbocycles. The summed E-state index contributed by atoms with van der Waals surface area (Å²) in [6.45, 7) is -0.365. The van der Waals surface area contributed by atoms with Crippen LogP contribution in [0.3, 0.4) is 0 Å². The average molecular weight is 339 g/mol. The lowest BCUT2D eigenvalue weighted by Crippen LogP contribution is -2.35. The number of carbonyl (C=O) groups is 2. The SMILES string of the molecule is CN(CC(N)=O)C(=O)c1ccc(Br)c(C(F)(F)F)c1. The number of nitrogens with two attached hydrogens (primary N) is 1. The van der Waals surface area contributed by atoms with Gasteiger partial charge >= 0.3 is 6.18 Å². The normalized spacial score (nSPS) is 11.2. The number of hydrogen-bond donors (Lipinski definition) is 1. The molecule has 0 aromatic heterocycles. The molecule has 1 aromatic carbocycles. The summed E-state index contributed by atoms with van der Waals surface area (Å²) < 4.78 is 37.9. The molecule has 8 heteroatoms. The first-order valence-corrected chi connectivity index (χ1v) is 5.82. The zero-order chi connectivity index (χ0) is 14.8. The van der Waals surface area contributed by atoms with Crippen molar-refractivity contribution in [1.29, 1.82) is 0 Å². The Balaban J connectivity index is 3.09. The molecular formula is C11H10BrF3N2O2. The molecule has 4 nitrogen and oxygen atoms in total. The maximum atomic E-state index is 12.7. The molecule has 0 atom stereocenters. The van der Waals surface area contributed by atoms with Crippen molar-refractivity contribution in [1.82, 2.24) is 4.90 Å². The molecule has 0 unspecified atom stereocenters. The smallest absolute Gasteiger partial charge is 0.368 e. The first-order valence-electron chi connectivity index (χ1n) is 5.03. The van der Waals surface area contributed by atoms with E-state index in [-0.39, 0.29) is 16.6 Å². The second-order valence-electron chi connectivity index (χ2n) is 3.82. The van der Waals surface area contributed by atoms with E-state index in [1.807, 2.05) is 0 Å². The Morgan fingerprint density at radius 1 is 1.37 bits per heavy atom. The molecule has 2 amide bonds. The predicted octanol–water partition coefficient (Wildman–Crippen LogP) is 2.03. The number of halogens is 4. The predicted molar refractivity (Wildman–Crippen MR) is 65.3 cm³/mol. The van der Waals surface area contributed by atoms with Crippen molar-refractivity contribution in [2.24, 2.45) is 5.73 Å². The highest BCUT2D eigenvalue weighted by atomic mass is 79.9. The van der Waals surface area contributed by atoms with Crippen LogP contribution in [0.4, 0.5) is 13.2 Å². The maximum Gasteiger partial charge on any atom is 0.417 e. The van der Waals surface area contributed by atoms with Crippen LogP contribution in [0.1, 0.15) is 15.9 Å². The van der Waals surface area contributed by atoms with Crippen LogP contribution in [0, 0.1) is 0 Å². The zero-order valence-electron chi connectivity index (χ0n) is 9.79. The number of alkyl halides is 3. The zero-order valence-corrected chi connectivity index (χ0v) is 11.4. The lowest BCUT2D eigenvalue weighted by Gasteiger charge is -2.16. The van der Waals surface area contributed by atoms with Gasteiger partial charge in [0, 0.05) is 17.1 Å². The fourth-order valence-electron chi connectivity index (χ4n) is 1.40. The minimum Gasteiger partial charge on any atom is -0.368 e. The van der Waals surface area contributed by atoms with Crippen molar-refractivity contribution in [2.75, 3.05) is 13.6 Å². The molecule has 0 fully saturated rings. The molecule has 2 N–H and O–H groups in total. The molecule has 0 aliphatic rings. The molecule has 1 aromatic rings. The summed E-state index contributed by atoms with van der Waals surface area (Å²) >= 11 is 2.77. The monoisotopic (exact) mass is 338 g/mol. The van der Waals surface area contributed by atoms with Crippen LogP contribution in [0.25, 0.3) is 0 Å². The Bertz CT molecular complexity index is 517. The molecule has 104 valence electrons. The summed E-state index contributed by atoms with van der Waals surface area (Å²) in [6, 6.07) is 3.09. The fourth-order valence-corrected chi connectivity index (χ4v) is 1.87. The molecule has 0 bridgehead atoms. The van der Waals surface area contributed by atoms with Crippen molar-refractivity contribution < 1.29 is 22.8 Å². The third-order valence-electron chi connectivity index (χ3n) is 2.26. The van der Waals surface area contributed by atoms with Crippen LogP contribution in [0.5, 0.6) is 0 Å². The van der Waals surface area contributed by atoms with E-state index in [1.165, 1.54) is 13.1 Å². The Morgan fingerprint density at radius 3 is 2.42 bits per heavy atom. The highest BCUT2D eigenvalue weighted by molar-refractivity contribution is 9.10.